The van der Waals surface area contributed by atoms with Crippen molar-refractivity contribution in [2.45, 2.75) is 33.3 Å². The van der Waals surface area contributed by atoms with E-state index in [0.29, 0.717) is 12.1 Å². The van der Waals surface area contributed by atoms with Crippen molar-refractivity contribution in [3.8, 4) is 5.75 Å². The highest BCUT2D eigenvalue weighted by Crippen LogP contribution is 2.38. The van der Waals surface area contributed by atoms with Gasteiger partial charge in [0.1, 0.15) is 5.75 Å². The van der Waals surface area contributed by atoms with E-state index in [2.05, 4.69) is 27.7 Å². The zero-order valence-electron chi connectivity index (χ0n) is 10.9. The minimum absolute atomic E-state index is 0.0477. The molecule has 1 saturated heterocycles. The van der Waals surface area contributed by atoms with Crippen LogP contribution in [0, 0.1) is 5.41 Å². The third kappa shape index (κ3) is 2.19. The Morgan fingerprint density at radius 3 is 2.41 bits per heavy atom. The Morgan fingerprint density at radius 1 is 1.18 bits per heavy atom. The van der Waals surface area contributed by atoms with E-state index in [1.807, 2.05) is 12.1 Å². The maximum Gasteiger partial charge on any atom is 0.498 e. The summed E-state index contributed by atoms with van der Waals surface area (Å²) in [5.41, 5.74) is 0.350. The molecular formula is C13H19BO3. The number of aromatic hydroxyl groups is 1. The fourth-order valence-electron chi connectivity index (χ4n) is 1.76. The lowest BCUT2D eigenvalue weighted by Crippen LogP contribution is -2.58. The second kappa shape index (κ2) is 4.04. The molecule has 0 spiro atoms. The second-order valence-corrected chi connectivity index (χ2v) is 5.71. The lowest BCUT2D eigenvalue weighted by molar-refractivity contribution is -0.0938. The summed E-state index contributed by atoms with van der Waals surface area (Å²) in [6.07, 6.45) is 0. The normalized spacial score (nSPS) is 22.5. The van der Waals surface area contributed by atoms with E-state index in [0.717, 1.165) is 0 Å². The first-order valence-corrected chi connectivity index (χ1v) is 5.91. The number of hydrogen-bond acceptors (Lipinski definition) is 3. The summed E-state index contributed by atoms with van der Waals surface area (Å²) in [6.45, 7) is 8.96. The van der Waals surface area contributed by atoms with Gasteiger partial charge in [0.15, 0.2) is 0 Å². The third-order valence-electron chi connectivity index (χ3n) is 3.82. The molecule has 1 aromatic rings. The molecule has 1 fully saturated rings. The Morgan fingerprint density at radius 2 is 1.82 bits per heavy atom. The summed E-state index contributed by atoms with van der Waals surface area (Å²) in [5, 5.41) is 9.80. The summed E-state index contributed by atoms with van der Waals surface area (Å²) < 4.78 is 11.7. The van der Waals surface area contributed by atoms with Crippen LogP contribution in [-0.4, -0.2) is 24.4 Å². The van der Waals surface area contributed by atoms with Crippen LogP contribution in [-0.2, 0) is 9.31 Å². The zero-order chi connectivity index (χ0) is 12.7. The molecule has 17 heavy (non-hydrogen) atoms. The molecule has 0 aliphatic carbocycles. The van der Waals surface area contributed by atoms with Crippen molar-refractivity contribution in [1.82, 2.24) is 0 Å². The van der Waals surface area contributed by atoms with Crippen molar-refractivity contribution < 1.29 is 14.4 Å². The molecule has 0 atom stereocenters. The molecule has 0 unspecified atom stereocenters. The first-order chi connectivity index (χ1) is 7.83. The van der Waals surface area contributed by atoms with Crippen molar-refractivity contribution in [2.75, 3.05) is 6.61 Å². The molecule has 1 aliphatic rings. The van der Waals surface area contributed by atoms with Crippen molar-refractivity contribution >= 4 is 12.6 Å². The van der Waals surface area contributed by atoms with Crippen LogP contribution in [0.5, 0.6) is 5.75 Å². The maximum atomic E-state index is 9.80. The van der Waals surface area contributed by atoms with Gasteiger partial charge in [-0.1, -0.05) is 32.0 Å². The van der Waals surface area contributed by atoms with E-state index in [-0.39, 0.29) is 16.8 Å². The van der Waals surface area contributed by atoms with E-state index < -0.39 is 7.12 Å². The van der Waals surface area contributed by atoms with Crippen LogP contribution in [0.1, 0.15) is 27.7 Å². The van der Waals surface area contributed by atoms with Crippen molar-refractivity contribution in [1.29, 1.82) is 0 Å². The van der Waals surface area contributed by atoms with Gasteiger partial charge >= 0.3 is 7.12 Å². The fourth-order valence-corrected chi connectivity index (χ4v) is 1.76. The van der Waals surface area contributed by atoms with E-state index in [1.165, 1.54) is 0 Å². The first-order valence-electron chi connectivity index (χ1n) is 5.91. The molecule has 0 bridgehead atoms. The summed E-state index contributed by atoms with van der Waals surface area (Å²) in [5.74, 6) is 0.216. The van der Waals surface area contributed by atoms with Gasteiger partial charge in [-0.2, -0.15) is 0 Å². The van der Waals surface area contributed by atoms with Crippen LogP contribution in [0.2, 0.25) is 0 Å². The summed E-state index contributed by atoms with van der Waals surface area (Å²) in [4.78, 5) is 0. The quantitative estimate of drug-likeness (QED) is 0.754. The third-order valence-corrected chi connectivity index (χ3v) is 3.82. The van der Waals surface area contributed by atoms with Gasteiger partial charge in [-0.05, 0) is 19.9 Å². The maximum absolute atomic E-state index is 9.80. The van der Waals surface area contributed by atoms with Crippen molar-refractivity contribution in [3.05, 3.63) is 24.3 Å². The van der Waals surface area contributed by atoms with E-state index in [9.17, 15) is 5.11 Å². The first kappa shape index (κ1) is 12.5. The lowest BCUT2D eigenvalue weighted by atomic mass is 9.69. The zero-order valence-corrected chi connectivity index (χ0v) is 10.9. The molecule has 0 saturated carbocycles. The van der Waals surface area contributed by atoms with Gasteiger partial charge in [-0.3, -0.25) is 0 Å². The number of benzene rings is 1. The molecule has 1 aromatic carbocycles. The van der Waals surface area contributed by atoms with Gasteiger partial charge in [0, 0.05) is 17.5 Å². The Bertz CT molecular complexity index is 415. The standard InChI is InChI=1S/C13H19BO3/c1-12(2)9-16-14(17-13(12,3)4)10-7-5-6-8-11(10)15/h5-8,15H,9H2,1-4H3. The van der Waals surface area contributed by atoms with Crippen LogP contribution in [0.4, 0.5) is 0 Å². The number of phenolic OH excluding ortho intramolecular Hbond substituents is 1. The highest BCUT2D eigenvalue weighted by molar-refractivity contribution is 6.62. The minimum Gasteiger partial charge on any atom is -0.508 e. The number of phenols is 1. The van der Waals surface area contributed by atoms with Gasteiger partial charge in [-0.15, -0.1) is 0 Å². The van der Waals surface area contributed by atoms with E-state index >= 15 is 0 Å². The molecule has 1 aliphatic heterocycles. The SMILES string of the molecule is CC1(C)COB(c2ccccc2O)OC1(C)C. The monoisotopic (exact) mass is 234 g/mol. The van der Waals surface area contributed by atoms with Crippen LogP contribution in [0.15, 0.2) is 24.3 Å². The molecule has 0 amide bonds. The average Bonchev–Trinajstić information content (AvgIpc) is 2.23. The highest BCUT2D eigenvalue weighted by Gasteiger charge is 2.47. The molecule has 1 heterocycles. The average molecular weight is 234 g/mol. The van der Waals surface area contributed by atoms with E-state index in [1.54, 1.807) is 12.1 Å². The topological polar surface area (TPSA) is 38.7 Å². The molecule has 1 N–H and O–H groups in total. The fraction of sp³-hybridized carbons (Fsp3) is 0.538. The van der Waals surface area contributed by atoms with Gasteiger partial charge in [0.05, 0.1) is 5.60 Å². The summed E-state index contributed by atoms with van der Waals surface area (Å²) >= 11 is 0. The number of para-hydroxylation sites is 1. The number of rotatable bonds is 1. The minimum atomic E-state index is -0.487. The van der Waals surface area contributed by atoms with Crippen LogP contribution >= 0.6 is 0 Å². The number of hydrogen-bond donors (Lipinski definition) is 1. The smallest absolute Gasteiger partial charge is 0.498 e. The van der Waals surface area contributed by atoms with Gasteiger partial charge in [0.2, 0.25) is 0 Å². The van der Waals surface area contributed by atoms with E-state index in [4.69, 9.17) is 9.31 Å². The van der Waals surface area contributed by atoms with Gasteiger partial charge in [-0.25, -0.2) is 0 Å². The van der Waals surface area contributed by atoms with Gasteiger partial charge in [0.25, 0.3) is 0 Å². The summed E-state index contributed by atoms with van der Waals surface area (Å²) in [6, 6.07) is 7.13. The predicted octanol–water partition coefficient (Wildman–Crippen LogP) is 1.94. The molecule has 4 heteroatoms. The molecule has 0 radical (unpaired) electrons. The Labute approximate surface area is 103 Å². The van der Waals surface area contributed by atoms with Crippen LogP contribution in [0.25, 0.3) is 0 Å². The molecule has 2 rings (SSSR count). The predicted molar refractivity (Wildman–Crippen MR) is 68.4 cm³/mol. The van der Waals surface area contributed by atoms with Crippen LogP contribution < -0.4 is 5.46 Å². The van der Waals surface area contributed by atoms with Crippen molar-refractivity contribution in [3.63, 3.8) is 0 Å². The molecule has 92 valence electrons. The van der Waals surface area contributed by atoms with Crippen LogP contribution in [0.3, 0.4) is 0 Å². The van der Waals surface area contributed by atoms with Gasteiger partial charge < -0.3 is 14.4 Å². The Kier molecular flexibility index (Phi) is 2.96. The Hall–Kier alpha value is -0.995. The highest BCUT2D eigenvalue weighted by atomic mass is 16.6. The summed E-state index contributed by atoms with van der Waals surface area (Å²) in [7, 11) is -0.487. The Balaban J connectivity index is 2.25. The van der Waals surface area contributed by atoms with Crippen molar-refractivity contribution in [2.24, 2.45) is 5.41 Å². The largest absolute Gasteiger partial charge is 0.508 e. The lowest BCUT2D eigenvalue weighted by Gasteiger charge is -2.47. The molecular weight excluding hydrogens is 215 g/mol. The molecule has 3 nitrogen and oxygen atoms in total. The second-order valence-electron chi connectivity index (χ2n) is 5.71. The molecule has 0 aromatic heterocycles.